The van der Waals surface area contributed by atoms with Gasteiger partial charge in [0.25, 0.3) is 0 Å². The zero-order valence-electron chi connectivity index (χ0n) is 7.73. The van der Waals surface area contributed by atoms with Gasteiger partial charge in [0, 0.05) is 0 Å². The second-order valence-corrected chi connectivity index (χ2v) is 3.40. The molecule has 0 saturated heterocycles. The molecule has 74 valence electrons. The Kier molecular flexibility index (Phi) is 1.45. The van der Waals surface area contributed by atoms with Crippen LogP contribution in [0.15, 0.2) is 24.4 Å². The number of ketones is 1. The molecule has 3 rings (SSSR count). The Morgan fingerprint density at radius 2 is 2.20 bits per heavy atom. The van der Waals surface area contributed by atoms with Crippen LogP contribution in [0.1, 0.15) is 16.9 Å². The normalized spacial score (nSPS) is 15.2. The monoisotopic (exact) mass is 201 g/mol. The summed E-state index contributed by atoms with van der Waals surface area (Å²) in [7, 11) is 0. The lowest BCUT2D eigenvalue weighted by Gasteiger charge is -2.03. The van der Waals surface area contributed by atoms with Crippen LogP contribution in [-0.2, 0) is 4.79 Å². The van der Waals surface area contributed by atoms with E-state index < -0.39 is 0 Å². The molecule has 0 bridgehead atoms. The molecule has 0 spiro atoms. The molecule has 0 fully saturated rings. The average Bonchev–Trinajstić information content (AvgIpc) is 2.56. The number of rotatable bonds is 0. The van der Waals surface area contributed by atoms with Gasteiger partial charge in [0.15, 0.2) is 5.78 Å². The van der Waals surface area contributed by atoms with Gasteiger partial charge in [-0.1, -0.05) is 6.07 Å². The predicted octanol–water partition coefficient (Wildman–Crippen LogP) is 0.859. The van der Waals surface area contributed by atoms with Crippen LogP contribution in [0.5, 0.6) is 0 Å². The van der Waals surface area contributed by atoms with Crippen LogP contribution in [0.2, 0.25) is 0 Å². The molecule has 0 unspecified atom stereocenters. The van der Waals surface area contributed by atoms with E-state index in [1.807, 2.05) is 0 Å². The zero-order chi connectivity index (χ0) is 10.4. The third-order valence-corrected chi connectivity index (χ3v) is 2.40. The Morgan fingerprint density at radius 1 is 1.33 bits per heavy atom. The average molecular weight is 201 g/mol. The molecule has 0 atom stereocenters. The Bertz CT molecular complexity index is 585. The van der Waals surface area contributed by atoms with Gasteiger partial charge in [0.05, 0.1) is 12.6 Å². The molecule has 3 heterocycles. The molecular weight excluding hydrogens is 194 g/mol. The number of imidazole rings is 1. The van der Waals surface area contributed by atoms with Crippen molar-refractivity contribution in [1.82, 2.24) is 9.38 Å². The standard InChI is InChI=1S/C10H7N3O2/c14-7-4-10(15)12-9-3-1-2-8-11-5-6(7)13(8)9/h1-3,5H,4H2,(H,12,15). The number of nitrogens with one attached hydrogen (secondary N) is 1. The van der Waals surface area contributed by atoms with E-state index >= 15 is 0 Å². The SMILES string of the molecule is O=C1CC(=O)c2cnc3cccc(n23)N1. The van der Waals surface area contributed by atoms with Gasteiger partial charge in [0.2, 0.25) is 5.91 Å². The van der Waals surface area contributed by atoms with Gasteiger partial charge in [-0.05, 0) is 12.1 Å². The molecule has 2 aromatic heterocycles. The zero-order valence-corrected chi connectivity index (χ0v) is 7.73. The molecule has 1 aliphatic rings. The van der Waals surface area contributed by atoms with Gasteiger partial charge < -0.3 is 5.32 Å². The molecular formula is C10H7N3O2. The van der Waals surface area contributed by atoms with Crippen molar-refractivity contribution in [2.75, 3.05) is 5.32 Å². The van der Waals surface area contributed by atoms with E-state index in [1.54, 1.807) is 22.6 Å². The fourth-order valence-corrected chi connectivity index (χ4v) is 1.75. The van der Waals surface area contributed by atoms with E-state index in [-0.39, 0.29) is 18.1 Å². The maximum absolute atomic E-state index is 11.6. The lowest BCUT2D eigenvalue weighted by molar-refractivity contribution is -0.115. The molecule has 0 radical (unpaired) electrons. The molecule has 0 aliphatic carbocycles. The van der Waals surface area contributed by atoms with Gasteiger partial charge in [0.1, 0.15) is 17.2 Å². The van der Waals surface area contributed by atoms with Gasteiger partial charge in [-0.2, -0.15) is 0 Å². The number of pyridine rings is 1. The number of hydrogen-bond donors (Lipinski definition) is 1. The number of Topliss-reactive ketones (excluding diaryl/α,β-unsaturated/α-hetero) is 1. The first-order valence-corrected chi connectivity index (χ1v) is 4.55. The maximum Gasteiger partial charge on any atom is 0.233 e. The van der Waals surface area contributed by atoms with Crippen LogP contribution < -0.4 is 5.32 Å². The van der Waals surface area contributed by atoms with Gasteiger partial charge >= 0.3 is 0 Å². The second kappa shape index (κ2) is 2.66. The number of hydrogen-bond acceptors (Lipinski definition) is 3. The van der Waals surface area contributed by atoms with Crippen molar-refractivity contribution in [3.8, 4) is 0 Å². The number of anilines is 1. The highest BCUT2D eigenvalue weighted by atomic mass is 16.2. The quantitative estimate of drug-likeness (QED) is 0.643. The molecule has 5 heteroatoms. The minimum atomic E-state index is -0.281. The Labute approximate surface area is 84.7 Å². The smallest absolute Gasteiger partial charge is 0.233 e. The van der Waals surface area contributed by atoms with E-state index in [9.17, 15) is 9.59 Å². The van der Waals surface area contributed by atoms with E-state index in [1.165, 1.54) is 6.20 Å². The summed E-state index contributed by atoms with van der Waals surface area (Å²) in [5.74, 6) is 0.108. The summed E-state index contributed by atoms with van der Waals surface area (Å²) in [6.45, 7) is 0. The Morgan fingerprint density at radius 3 is 3.07 bits per heavy atom. The fourth-order valence-electron chi connectivity index (χ4n) is 1.75. The molecule has 0 saturated carbocycles. The highest BCUT2D eigenvalue weighted by molar-refractivity contribution is 6.12. The summed E-state index contributed by atoms with van der Waals surface area (Å²) in [5, 5.41) is 2.67. The molecule has 0 aromatic carbocycles. The van der Waals surface area contributed by atoms with Crippen molar-refractivity contribution in [1.29, 1.82) is 0 Å². The van der Waals surface area contributed by atoms with Crippen molar-refractivity contribution in [3.05, 3.63) is 30.1 Å². The van der Waals surface area contributed by atoms with Crippen LogP contribution in [-0.4, -0.2) is 21.1 Å². The summed E-state index contributed by atoms with van der Waals surface area (Å²) < 4.78 is 1.66. The van der Waals surface area contributed by atoms with E-state index in [4.69, 9.17) is 0 Å². The fraction of sp³-hybridized carbons (Fsp3) is 0.100. The third-order valence-electron chi connectivity index (χ3n) is 2.40. The number of nitrogens with zero attached hydrogens (tertiary/aromatic N) is 2. The minimum Gasteiger partial charge on any atom is -0.311 e. The molecule has 1 N–H and O–H groups in total. The molecule has 15 heavy (non-hydrogen) atoms. The van der Waals surface area contributed by atoms with Crippen molar-refractivity contribution >= 4 is 23.2 Å². The minimum absolute atomic E-state index is 0.123. The largest absolute Gasteiger partial charge is 0.311 e. The lowest BCUT2D eigenvalue weighted by Crippen LogP contribution is -2.13. The number of aromatic nitrogens is 2. The van der Waals surface area contributed by atoms with Crippen LogP contribution in [0.3, 0.4) is 0 Å². The predicted molar refractivity (Wildman–Crippen MR) is 52.8 cm³/mol. The van der Waals surface area contributed by atoms with Crippen molar-refractivity contribution in [2.24, 2.45) is 0 Å². The van der Waals surface area contributed by atoms with Crippen molar-refractivity contribution in [3.63, 3.8) is 0 Å². The molecule has 1 amide bonds. The van der Waals surface area contributed by atoms with Crippen LogP contribution >= 0.6 is 0 Å². The number of carbonyl (C=O) groups is 2. The molecule has 5 nitrogen and oxygen atoms in total. The summed E-state index contributed by atoms with van der Waals surface area (Å²) in [6.07, 6.45) is 1.38. The summed E-state index contributed by atoms with van der Waals surface area (Å²) >= 11 is 0. The summed E-state index contributed by atoms with van der Waals surface area (Å²) in [5.41, 5.74) is 1.12. The Balaban J connectivity index is 2.42. The number of amides is 1. The van der Waals surface area contributed by atoms with Crippen molar-refractivity contribution in [2.45, 2.75) is 6.42 Å². The van der Waals surface area contributed by atoms with Crippen LogP contribution in [0, 0.1) is 0 Å². The maximum atomic E-state index is 11.6. The number of carbonyl (C=O) groups excluding carboxylic acids is 2. The first-order chi connectivity index (χ1) is 7.25. The van der Waals surface area contributed by atoms with Crippen molar-refractivity contribution < 1.29 is 9.59 Å². The van der Waals surface area contributed by atoms with Gasteiger partial charge in [-0.3, -0.25) is 14.0 Å². The van der Waals surface area contributed by atoms with E-state index in [0.29, 0.717) is 17.2 Å². The van der Waals surface area contributed by atoms with E-state index in [0.717, 1.165) is 0 Å². The second-order valence-electron chi connectivity index (χ2n) is 3.40. The van der Waals surface area contributed by atoms with Gasteiger partial charge in [-0.25, -0.2) is 4.98 Å². The van der Waals surface area contributed by atoms with Crippen LogP contribution in [0.4, 0.5) is 5.82 Å². The Hall–Kier alpha value is -2.17. The first kappa shape index (κ1) is 8.16. The van der Waals surface area contributed by atoms with E-state index in [2.05, 4.69) is 10.3 Å². The third kappa shape index (κ3) is 1.06. The summed E-state index contributed by atoms with van der Waals surface area (Å²) in [6, 6.07) is 5.32. The highest BCUT2D eigenvalue weighted by Gasteiger charge is 2.22. The molecule has 2 aromatic rings. The topological polar surface area (TPSA) is 63.5 Å². The van der Waals surface area contributed by atoms with Crippen LogP contribution in [0.25, 0.3) is 5.65 Å². The highest BCUT2D eigenvalue weighted by Crippen LogP contribution is 2.19. The first-order valence-electron chi connectivity index (χ1n) is 4.55. The summed E-state index contributed by atoms with van der Waals surface area (Å²) in [4.78, 5) is 27.1. The lowest BCUT2D eigenvalue weighted by atomic mass is 10.2. The van der Waals surface area contributed by atoms with Gasteiger partial charge in [-0.15, -0.1) is 0 Å². The molecule has 1 aliphatic heterocycles.